The Kier molecular flexibility index (Phi) is 4.19. The Hall–Kier alpha value is -4.34. The number of alkyl halides is 3. The third-order valence-corrected chi connectivity index (χ3v) is 5.11. The number of ketones is 1. The molecule has 160 valence electrons. The van der Waals surface area contributed by atoms with Crippen LogP contribution in [0, 0.1) is 0 Å². The molecule has 5 aromatic rings. The lowest BCUT2D eigenvalue weighted by Crippen LogP contribution is -2.06. The zero-order valence-electron chi connectivity index (χ0n) is 16.1. The molecule has 5 rings (SSSR count). The van der Waals surface area contributed by atoms with Crippen molar-refractivity contribution in [3.8, 4) is 17.4 Å². The maximum absolute atomic E-state index is 13.1. The van der Waals surface area contributed by atoms with Crippen LogP contribution < -0.4 is 0 Å². The summed E-state index contributed by atoms with van der Waals surface area (Å²) in [4.78, 5) is 17.4. The highest BCUT2D eigenvalue weighted by molar-refractivity contribution is 6.16. The standard InChI is InChI=1S/C22H13F3N4O3/c23-22(24,25)12-5-3-6-13(10-12)29-20(31)16-17(27-28-18(16)21(29)32)19(30)15-9-8-11-4-1-2-7-14(11)26-15/h1-10,28,31-32H. The average Bonchev–Trinajstić information content (AvgIpc) is 3.32. The van der Waals surface area contributed by atoms with Crippen LogP contribution >= 0.6 is 0 Å². The van der Waals surface area contributed by atoms with Crippen molar-refractivity contribution in [1.82, 2.24) is 19.7 Å². The number of hydrogen-bond acceptors (Lipinski definition) is 5. The van der Waals surface area contributed by atoms with Gasteiger partial charge in [0.1, 0.15) is 16.9 Å². The van der Waals surface area contributed by atoms with Gasteiger partial charge in [-0.3, -0.25) is 9.89 Å². The molecule has 0 amide bonds. The van der Waals surface area contributed by atoms with E-state index in [9.17, 15) is 28.2 Å². The Labute approximate surface area is 177 Å². The van der Waals surface area contributed by atoms with Crippen LogP contribution in [0.25, 0.3) is 27.5 Å². The molecule has 0 unspecified atom stereocenters. The Bertz CT molecular complexity index is 1520. The predicted octanol–water partition coefficient (Wildman–Crippen LogP) is 4.56. The fourth-order valence-electron chi connectivity index (χ4n) is 3.59. The summed E-state index contributed by atoms with van der Waals surface area (Å²) >= 11 is 0. The highest BCUT2D eigenvalue weighted by Crippen LogP contribution is 2.41. The van der Waals surface area contributed by atoms with E-state index in [1.165, 1.54) is 12.1 Å². The van der Waals surface area contributed by atoms with Crippen LogP contribution in [0.15, 0.2) is 60.7 Å². The fourth-order valence-corrected chi connectivity index (χ4v) is 3.59. The van der Waals surface area contributed by atoms with Crippen molar-refractivity contribution in [3.63, 3.8) is 0 Å². The molecule has 0 spiro atoms. The summed E-state index contributed by atoms with van der Waals surface area (Å²) in [6, 6.07) is 14.5. The van der Waals surface area contributed by atoms with Crippen molar-refractivity contribution < 1.29 is 28.2 Å². The lowest BCUT2D eigenvalue weighted by Gasteiger charge is -2.11. The van der Waals surface area contributed by atoms with Gasteiger partial charge in [0.25, 0.3) is 0 Å². The van der Waals surface area contributed by atoms with Gasteiger partial charge in [0.2, 0.25) is 17.5 Å². The fraction of sp³-hybridized carbons (Fsp3) is 0.0455. The SMILES string of the molecule is O=C(c1ccc2ccccc2n1)c1n[nH]c2c(O)n(-c3cccc(C(F)(F)F)c3)c(O)c12. The third-order valence-electron chi connectivity index (χ3n) is 5.11. The minimum atomic E-state index is -4.61. The van der Waals surface area contributed by atoms with Gasteiger partial charge < -0.3 is 10.2 Å². The maximum Gasteiger partial charge on any atom is 0.416 e. The largest absolute Gasteiger partial charge is 0.494 e. The number of aromatic hydroxyl groups is 2. The van der Waals surface area contributed by atoms with Gasteiger partial charge >= 0.3 is 6.18 Å². The van der Waals surface area contributed by atoms with Crippen LogP contribution in [-0.2, 0) is 6.18 Å². The van der Waals surface area contributed by atoms with Gasteiger partial charge in [0.05, 0.1) is 22.2 Å². The molecule has 32 heavy (non-hydrogen) atoms. The van der Waals surface area contributed by atoms with E-state index in [1.807, 2.05) is 12.1 Å². The first-order chi connectivity index (χ1) is 15.3. The molecule has 0 saturated carbocycles. The molecule has 0 radical (unpaired) electrons. The number of H-pyrrole nitrogens is 1. The highest BCUT2D eigenvalue weighted by Gasteiger charge is 2.32. The summed E-state index contributed by atoms with van der Waals surface area (Å²) in [6.45, 7) is 0. The van der Waals surface area contributed by atoms with Crippen molar-refractivity contribution in [2.24, 2.45) is 0 Å². The number of benzene rings is 2. The van der Waals surface area contributed by atoms with Crippen LogP contribution in [0.4, 0.5) is 13.2 Å². The highest BCUT2D eigenvalue weighted by atomic mass is 19.4. The second kappa shape index (κ2) is 6.84. The summed E-state index contributed by atoms with van der Waals surface area (Å²) < 4.78 is 40.1. The van der Waals surface area contributed by atoms with Crippen LogP contribution in [0.2, 0.25) is 0 Å². The number of fused-ring (bicyclic) bond motifs is 2. The molecule has 0 bridgehead atoms. The number of carbonyl (C=O) groups is 1. The number of halogens is 3. The lowest BCUT2D eigenvalue weighted by atomic mass is 10.1. The van der Waals surface area contributed by atoms with Gasteiger partial charge in [-0.15, -0.1) is 0 Å². The van der Waals surface area contributed by atoms with Crippen LogP contribution in [0.1, 0.15) is 21.7 Å². The lowest BCUT2D eigenvalue weighted by molar-refractivity contribution is -0.137. The molecule has 3 aromatic heterocycles. The van der Waals surface area contributed by atoms with Gasteiger partial charge in [0, 0.05) is 5.39 Å². The predicted molar refractivity (Wildman–Crippen MR) is 109 cm³/mol. The normalized spacial score (nSPS) is 12.0. The molecule has 0 saturated heterocycles. The molecule has 2 aromatic carbocycles. The zero-order valence-corrected chi connectivity index (χ0v) is 16.1. The van der Waals surface area contributed by atoms with Crippen LogP contribution in [-0.4, -0.2) is 35.7 Å². The maximum atomic E-state index is 13.1. The summed E-state index contributed by atoms with van der Waals surface area (Å²) in [7, 11) is 0. The third kappa shape index (κ3) is 2.96. The quantitative estimate of drug-likeness (QED) is 0.358. The van der Waals surface area contributed by atoms with E-state index in [4.69, 9.17) is 0 Å². The van der Waals surface area contributed by atoms with Crippen molar-refractivity contribution in [2.75, 3.05) is 0 Å². The van der Waals surface area contributed by atoms with E-state index in [0.29, 0.717) is 5.52 Å². The molecule has 0 aliphatic carbocycles. The summed E-state index contributed by atoms with van der Waals surface area (Å²) in [5.41, 5.74) is -0.769. The minimum Gasteiger partial charge on any atom is -0.494 e. The Morgan fingerprint density at radius 3 is 2.53 bits per heavy atom. The van der Waals surface area contributed by atoms with Gasteiger partial charge in [0.15, 0.2) is 0 Å². The van der Waals surface area contributed by atoms with E-state index < -0.39 is 29.3 Å². The monoisotopic (exact) mass is 438 g/mol. The molecule has 3 heterocycles. The first-order valence-electron chi connectivity index (χ1n) is 9.34. The molecule has 3 N–H and O–H groups in total. The van der Waals surface area contributed by atoms with Crippen molar-refractivity contribution in [1.29, 1.82) is 0 Å². The molecule has 7 nitrogen and oxygen atoms in total. The number of pyridine rings is 1. The number of para-hydroxylation sites is 1. The minimum absolute atomic E-state index is 0.0582. The smallest absolute Gasteiger partial charge is 0.416 e. The summed E-state index contributed by atoms with van der Waals surface area (Å²) in [6.07, 6.45) is -4.61. The van der Waals surface area contributed by atoms with Crippen molar-refractivity contribution >= 4 is 27.6 Å². The summed E-state index contributed by atoms with van der Waals surface area (Å²) in [5.74, 6) is -1.84. The van der Waals surface area contributed by atoms with Gasteiger partial charge in [-0.25, -0.2) is 9.55 Å². The number of aromatic amines is 1. The average molecular weight is 438 g/mol. The molecular weight excluding hydrogens is 425 g/mol. The van der Waals surface area contributed by atoms with Crippen molar-refractivity contribution in [2.45, 2.75) is 6.18 Å². The Balaban J connectivity index is 1.65. The van der Waals surface area contributed by atoms with E-state index in [-0.39, 0.29) is 28.0 Å². The van der Waals surface area contributed by atoms with Gasteiger partial charge in [-0.1, -0.05) is 30.3 Å². The number of carbonyl (C=O) groups excluding carboxylic acids is 1. The number of rotatable bonds is 3. The van der Waals surface area contributed by atoms with Crippen LogP contribution in [0.5, 0.6) is 11.8 Å². The summed E-state index contributed by atoms with van der Waals surface area (Å²) in [5, 5.41) is 28.4. The van der Waals surface area contributed by atoms with Gasteiger partial charge in [-0.2, -0.15) is 18.3 Å². The Morgan fingerprint density at radius 2 is 1.75 bits per heavy atom. The molecule has 0 fully saturated rings. The van der Waals surface area contributed by atoms with E-state index >= 15 is 0 Å². The van der Waals surface area contributed by atoms with E-state index in [0.717, 1.165) is 28.2 Å². The molecule has 10 heteroatoms. The zero-order chi connectivity index (χ0) is 22.6. The second-order valence-corrected chi connectivity index (χ2v) is 7.07. The van der Waals surface area contributed by atoms with E-state index in [1.54, 1.807) is 18.2 Å². The first-order valence-corrected chi connectivity index (χ1v) is 9.34. The van der Waals surface area contributed by atoms with Crippen molar-refractivity contribution in [3.05, 3.63) is 77.6 Å². The number of nitrogens with zero attached hydrogens (tertiary/aromatic N) is 3. The number of nitrogens with one attached hydrogen (secondary N) is 1. The van der Waals surface area contributed by atoms with Gasteiger partial charge in [-0.05, 0) is 30.3 Å². The molecule has 0 aliphatic rings. The Morgan fingerprint density at radius 1 is 0.969 bits per heavy atom. The second-order valence-electron chi connectivity index (χ2n) is 7.07. The van der Waals surface area contributed by atoms with E-state index in [2.05, 4.69) is 15.2 Å². The van der Waals surface area contributed by atoms with Crippen LogP contribution in [0.3, 0.4) is 0 Å². The number of hydrogen-bond donors (Lipinski definition) is 3. The topological polar surface area (TPSA) is 104 Å². The molecule has 0 aliphatic heterocycles. The number of aromatic nitrogens is 4. The first kappa shape index (κ1) is 19.6. The molecule has 0 atom stereocenters. The molecular formula is C22H13F3N4O3.